The van der Waals surface area contributed by atoms with Crippen molar-refractivity contribution < 1.29 is 9.59 Å². The molecule has 2 N–H and O–H groups in total. The van der Waals surface area contributed by atoms with Crippen molar-refractivity contribution in [3.8, 4) is 0 Å². The van der Waals surface area contributed by atoms with E-state index in [9.17, 15) is 9.59 Å². The maximum atomic E-state index is 12.6. The molecule has 142 valence electrons. The van der Waals surface area contributed by atoms with E-state index in [1.165, 1.54) is 11.3 Å². The average molecular weight is 377 g/mol. The lowest BCUT2D eigenvalue weighted by Gasteiger charge is -2.22. The third-order valence-corrected chi connectivity index (χ3v) is 5.06. The molecule has 0 saturated heterocycles. The number of rotatable bonds is 8. The summed E-state index contributed by atoms with van der Waals surface area (Å²) in [6.45, 7) is 11.2. The first-order valence-corrected chi connectivity index (χ1v) is 9.79. The second-order valence-electron chi connectivity index (χ2n) is 7.13. The highest BCUT2D eigenvalue weighted by atomic mass is 32.1. The SMILES string of the molecule is Cc1cc(C)n(C[C@H](C)CNC(=O)[C@H](NC(=O)c2cccs2)C(C)C)n1. The number of hydrogen-bond donors (Lipinski definition) is 2. The number of aromatic nitrogens is 2. The van der Waals surface area contributed by atoms with Crippen LogP contribution in [0, 0.1) is 25.7 Å². The first-order chi connectivity index (χ1) is 12.3. The van der Waals surface area contributed by atoms with Crippen LogP contribution in [0.5, 0.6) is 0 Å². The fourth-order valence-corrected chi connectivity index (χ4v) is 3.39. The Morgan fingerprint density at radius 1 is 1.27 bits per heavy atom. The zero-order valence-corrected chi connectivity index (χ0v) is 16.9. The quantitative estimate of drug-likeness (QED) is 0.744. The van der Waals surface area contributed by atoms with Crippen LogP contribution in [0.25, 0.3) is 0 Å². The fourth-order valence-electron chi connectivity index (χ4n) is 2.76. The summed E-state index contributed by atoms with van der Waals surface area (Å²) in [5, 5.41) is 12.1. The molecular formula is C19H28N4O2S. The molecule has 26 heavy (non-hydrogen) atoms. The monoisotopic (exact) mass is 376 g/mol. The summed E-state index contributed by atoms with van der Waals surface area (Å²) in [7, 11) is 0. The van der Waals surface area contributed by atoms with Crippen LogP contribution >= 0.6 is 11.3 Å². The highest BCUT2D eigenvalue weighted by Gasteiger charge is 2.25. The first kappa shape index (κ1) is 20.2. The van der Waals surface area contributed by atoms with E-state index in [2.05, 4.69) is 22.7 Å². The zero-order chi connectivity index (χ0) is 19.3. The van der Waals surface area contributed by atoms with Crippen molar-refractivity contribution in [2.24, 2.45) is 11.8 Å². The van der Waals surface area contributed by atoms with Gasteiger partial charge in [-0.25, -0.2) is 0 Å². The second kappa shape index (κ2) is 8.98. The molecule has 7 heteroatoms. The van der Waals surface area contributed by atoms with Gasteiger partial charge < -0.3 is 10.6 Å². The van der Waals surface area contributed by atoms with Gasteiger partial charge in [-0.1, -0.05) is 26.8 Å². The predicted molar refractivity (Wildman–Crippen MR) is 104 cm³/mol. The minimum atomic E-state index is -0.550. The van der Waals surface area contributed by atoms with Crippen molar-refractivity contribution in [2.45, 2.75) is 47.2 Å². The minimum absolute atomic E-state index is 0.00484. The molecule has 0 spiro atoms. The Kier molecular flexibility index (Phi) is 6.97. The molecule has 0 aliphatic heterocycles. The number of aryl methyl sites for hydroxylation is 2. The Morgan fingerprint density at radius 3 is 2.54 bits per heavy atom. The van der Waals surface area contributed by atoms with Gasteiger partial charge in [0.2, 0.25) is 5.91 Å². The highest BCUT2D eigenvalue weighted by molar-refractivity contribution is 7.12. The van der Waals surface area contributed by atoms with Gasteiger partial charge in [-0.2, -0.15) is 5.10 Å². The number of carbonyl (C=O) groups is 2. The Hall–Kier alpha value is -2.15. The summed E-state index contributed by atoms with van der Waals surface area (Å²) in [5.74, 6) is -0.113. The summed E-state index contributed by atoms with van der Waals surface area (Å²) < 4.78 is 1.96. The normalized spacial score (nSPS) is 13.5. The maximum Gasteiger partial charge on any atom is 0.262 e. The molecule has 0 fully saturated rings. The molecule has 2 aromatic rings. The molecular weight excluding hydrogens is 348 g/mol. The van der Waals surface area contributed by atoms with Gasteiger partial charge in [0, 0.05) is 18.8 Å². The molecule has 0 aliphatic carbocycles. The lowest BCUT2D eigenvalue weighted by atomic mass is 10.0. The van der Waals surface area contributed by atoms with Crippen molar-refractivity contribution in [1.29, 1.82) is 0 Å². The molecule has 0 radical (unpaired) electrons. The summed E-state index contributed by atoms with van der Waals surface area (Å²) in [5.41, 5.74) is 2.11. The van der Waals surface area contributed by atoms with Gasteiger partial charge in [0.05, 0.1) is 10.6 Å². The number of nitrogens with one attached hydrogen (secondary N) is 2. The lowest BCUT2D eigenvalue weighted by Crippen LogP contribution is -2.50. The van der Waals surface area contributed by atoms with Crippen LogP contribution in [0.15, 0.2) is 23.6 Å². The number of nitrogens with zero attached hydrogens (tertiary/aromatic N) is 2. The van der Waals surface area contributed by atoms with Crippen molar-refractivity contribution in [2.75, 3.05) is 6.54 Å². The van der Waals surface area contributed by atoms with E-state index in [4.69, 9.17) is 0 Å². The Labute approximate surface area is 159 Å². The van der Waals surface area contributed by atoms with E-state index in [0.717, 1.165) is 17.9 Å². The van der Waals surface area contributed by atoms with Crippen LogP contribution in [0.1, 0.15) is 41.8 Å². The van der Waals surface area contributed by atoms with Crippen LogP contribution in [0.3, 0.4) is 0 Å². The van der Waals surface area contributed by atoms with Gasteiger partial charge in [-0.3, -0.25) is 14.3 Å². The summed E-state index contributed by atoms with van der Waals surface area (Å²) in [6.07, 6.45) is 0. The third kappa shape index (κ3) is 5.42. The van der Waals surface area contributed by atoms with Crippen molar-refractivity contribution in [3.63, 3.8) is 0 Å². The van der Waals surface area contributed by atoms with Crippen molar-refractivity contribution in [1.82, 2.24) is 20.4 Å². The van der Waals surface area contributed by atoms with Gasteiger partial charge in [0.15, 0.2) is 0 Å². The van der Waals surface area contributed by atoms with Crippen LogP contribution in [0.2, 0.25) is 0 Å². The third-order valence-electron chi connectivity index (χ3n) is 4.19. The molecule has 2 heterocycles. The van der Waals surface area contributed by atoms with Crippen LogP contribution in [0.4, 0.5) is 0 Å². The average Bonchev–Trinajstić information content (AvgIpc) is 3.20. The smallest absolute Gasteiger partial charge is 0.262 e. The highest BCUT2D eigenvalue weighted by Crippen LogP contribution is 2.11. The molecule has 0 aromatic carbocycles. The summed E-state index contributed by atoms with van der Waals surface area (Å²) in [6, 6.07) is 5.07. The van der Waals surface area contributed by atoms with Gasteiger partial charge in [0.1, 0.15) is 6.04 Å². The fraction of sp³-hybridized carbons (Fsp3) is 0.526. The lowest BCUT2D eigenvalue weighted by molar-refractivity contribution is -0.124. The van der Waals surface area contributed by atoms with Crippen molar-refractivity contribution >= 4 is 23.2 Å². The molecule has 2 atom stereocenters. The Balaban J connectivity index is 1.88. The standard InChI is InChI=1S/C19H28N4O2S/c1-12(2)17(21-18(24)16-7-6-8-26-16)19(25)20-10-13(3)11-23-15(5)9-14(4)22-23/h6-9,12-13,17H,10-11H2,1-5H3,(H,20,25)(H,21,24)/t13-,17-/m1/s1. The van der Waals surface area contributed by atoms with Gasteiger partial charge >= 0.3 is 0 Å². The molecule has 2 amide bonds. The first-order valence-electron chi connectivity index (χ1n) is 8.91. The van der Waals surface area contributed by atoms with E-state index in [-0.39, 0.29) is 23.7 Å². The topological polar surface area (TPSA) is 76.0 Å². The largest absolute Gasteiger partial charge is 0.354 e. The van der Waals surface area contributed by atoms with E-state index in [1.54, 1.807) is 6.07 Å². The number of amides is 2. The van der Waals surface area contributed by atoms with Crippen LogP contribution < -0.4 is 10.6 Å². The molecule has 6 nitrogen and oxygen atoms in total. The number of carbonyl (C=O) groups excluding carboxylic acids is 2. The molecule has 0 unspecified atom stereocenters. The van der Waals surface area contributed by atoms with E-state index in [1.807, 2.05) is 49.9 Å². The van der Waals surface area contributed by atoms with E-state index < -0.39 is 6.04 Å². The number of thiophene rings is 1. The van der Waals surface area contributed by atoms with Crippen LogP contribution in [-0.4, -0.2) is 34.2 Å². The van der Waals surface area contributed by atoms with Gasteiger partial charge in [-0.15, -0.1) is 11.3 Å². The van der Waals surface area contributed by atoms with Gasteiger partial charge in [0.25, 0.3) is 5.91 Å². The molecule has 2 aromatic heterocycles. The maximum absolute atomic E-state index is 12.6. The van der Waals surface area contributed by atoms with E-state index >= 15 is 0 Å². The summed E-state index contributed by atoms with van der Waals surface area (Å²) >= 11 is 1.37. The summed E-state index contributed by atoms with van der Waals surface area (Å²) in [4.78, 5) is 25.4. The van der Waals surface area contributed by atoms with E-state index in [0.29, 0.717) is 11.4 Å². The van der Waals surface area contributed by atoms with Crippen molar-refractivity contribution in [3.05, 3.63) is 39.8 Å². The second-order valence-corrected chi connectivity index (χ2v) is 8.08. The molecule has 0 saturated carbocycles. The Morgan fingerprint density at radius 2 is 2.00 bits per heavy atom. The Bertz CT molecular complexity index is 737. The molecule has 0 bridgehead atoms. The zero-order valence-electron chi connectivity index (χ0n) is 16.1. The molecule has 0 aliphatic rings. The number of hydrogen-bond acceptors (Lipinski definition) is 4. The minimum Gasteiger partial charge on any atom is -0.354 e. The molecule has 2 rings (SSSR count). The predicted octanol–water partition coefficient (Wildman–Crippen LogP) is 2.77. The van der Waals surface area contributed by atoms with Crippen LogP contribution in [-0.2, 0) is 11.3 Å². The van der Waals surface area contributed by atoms with Gasteiger partial charge in [-0.05, 0) is 43.2 Å².